The molecule has 3 rings (SSSR count). The minimum absolute atomic E-state index is 0.105. The smallest absolute Gasteiger partial charge is 0.348 e. The van der Waals surface area contributed by atoms with Gasteiger partial charge in [-0.25, -0.2) is 4.79 Å². The number of hydrogen-bond donors (Lipinski definition) is 2. The third-order valence-electron chi connectivity index (χ3n) is 5.09. The summed E-state index contributed by atoms with van der Waals surface area (Å²) in [6.07, 6.45) is 5.21. The molecule has 30 heavy (non-hydrogen) atoms. The zero-order valence-corrected chi connectivity index (χ0v) is 18.6. The van der Waals surface area contributed by atoms with Crippen molar-refractivity contribution in [3.63, 3.8) is 0 Å². The summed E-state index contributed by atoms with van der Waals surface area (Å²) in [7, 11) is 0. The Hall–Kier alpha value is -2.38. The Balaban J connectivity index is 1.91. The molecule has 0 aliphatic heterocycles. The highest BCUT2D eigenvalue weighted by atomic mass is 35.5. The summed E-state index contributed by atoms with van der Waals surface area (Å²) in [4.78, 5) is 38.5. The molecule has 0 radical (unpaired) electrons. The lowest BCUT2D eigenvalue weighted by molar-refractivity contribution is 0.0531. The largest absolute Gasteiger partial charge is 0.462 e. The average Bonchev–Trinajstić information content (AvgIpc) is 3.05. The second-order valence-electron chi connectivity index (χ2n) is 7.25. The van der Waals surface area contributed by atoms with E-state index in [-0.39, 0.29) is 18.6 Å². The summed E-state index contributed by atoms with van der Waals surface area (Å²) >= 11 is 7.04. The topological polar surface area (TPSA) is 84.5 Å². The molecule has 1 fully saturated rings. The molecule has 1 aromatic heterocycles. The molecule has 2 N–H and O–H groups in total. The highest BCUT2D eigenvalue weighted by Gasteiger charge is 2.28. The quantitative estimate of drug-likeness (QED) is 0.594. The van der Waals surface area contributed by atoms with Gasteiger partial charge in [0.1, 0.15) is 9.88 Å². The maximum absolute atomic E-state index is 13.1. The molecule has 160 valence electrons. The van der Waals surface area contributed by atoms with Crippen molar-refractivity contribution in [2.24, 2.45) is 0 Å². The number of carbonyl (C=O) groups is 3. The zero-order chi connectivity index (χ0) is 21.7. The van der Waals surface area contributed by atoms with E-state index in [0.717, 1.165) is 37.0 Å². The molecule has 1 aromatic carbocycles. The van der Waals surface area contributed by atoms with Gasteiger partial charge in [0, 0.05) is 16.6 Å². The summed E-state index contributed by atoms with van der Waals surface area (Å²) in [5.74, 6) is -1.19. The Bertz CT molecular complexity index is 951. The van der Waals surface area contributed by atoms with Crippen LogP contribution in [-0.2, 0) is 4.74 Å². The molecule has 1 aliphatic carbocycles. The van der Waals surface area contributed by atoms with Crippen LogP contribution in [0.25, 0.3) is 0 Å². The fourth-order valence-corrected chi connectivity index (χ4v) is 4.86. The monoisotopic (exact) mass is 448 g/mol. The summed E-state index contributed by atoms with van der Waals surface area (Å²) < 4.78 is 5.12. The van der Waals surface area contributed by atoms with Crippen LogP contribution in [0.1, 0.15) is 75.0 Å². The van der Waals surface area contributed by atoms with Crippen molar-refractivity contribution < 1.29 is 19.1 Å². The van der Waals surface area contributed by atoms with E-state index in [1.807, 2.05) is 0 Å². The molecule has 2 amide bonds. The number of anilines is 1. The number of thiophene rings is 1. The van der Waals surface area contributed by atoms with Crippen LogP contribution in [0.15, 0.2) is 24.3 Å². The molecule has 1 saturated carbocycles. The van der Waals surface area contributed by atoms with E-state index >= 15 is 0 Å². The second-order valence-corrected chi connectivity index (χ2v) is 8.71. The van der Waals surface area contributed by atoms with Crippen LogP contribution in [0.4, 0.5) is 5.00 Å². The van der Waals surface area contributed by atoms with Crippen LogP contribution < -0.4 is 10.6 Å². The maximum Gasteiger partial charge on any atom is 0.348 e. The third-order valence-corrected chi connectivity index (χ3v) is 6.51. The highest BCUT2D eigenvalue weighted by molar-refractivity contribution is 7.18. The molecule has 0 saturated heterocycles. The molecule has 8 heteroatoms. The molecular weight excluding hydrogens is 424 g/mol. The van der Waals surface area contributed by atoms with Crippen molar-refractivity contribution in [3.8, 4) is 0 Å². The van der Waals surface area contributed by atoms with Gasteiger partial charge in [-0.05, 0) is 50.5 Å². The van der Waals surface area contributed by atoms with E-state index in [1.54, 1.807) is 38.1 Å². The molecule has 0 atom stereocenters. The number of hydrogen-bond acceptors (Lipinski definition) is 5. The summed E-state index contributed by atoms with van der Waals surface area (Å²) in [5, 5.41) is 6.61. The van der Waals surface area contributed by atoms with Crippen LogP contribution in [0.2, 0.25) is 5.02 Å². The molecule has 1 aliphatic rings. The van der Waals surface area contributed by atoms with Crippen molar-refractivity contribution in [2.45, 2.75) is 52.0 Å². The predicted octanol–water partition coefficient (Wildman–Crippen LogP) is 5.20. The third kappa shape index (κ3) is 5.21. The Morgan fingerprint density at radius 2 is 1.90 bits per heavy atom. The average molecular weight is 449 g/mol. The van der Waals surface area contributed by atoms with Gasteiger partial charge in [-0.1, -0.05) is 36.9 Å². The first-order valence-electron chi connectivity index (χ1n) is 10.1. The zero-order valence-electron chi connectivity index (χ0n) is 17.0. The molecule has 0 spiro atoms. The lowest BCUT2D eigenvalue weighted by Crippen LogP contribution is -2.36. The fraction of sp³-hybridized carbons (Fsp3) is 0.409. The first-order valence-corrected chi connectivity index (χ1v) is 11.3. The lowest BCUT2D eigenvalue weighted by atomic mass is 9.95. The first-order chi connectivity index (χ1) is 14.4. The lowest BCUT2D eigenvalue weighted by Gasteiger charge is -2.23. The molecule has 1 heterocycles. The van der Waals surface area contributed by atoms with Gasteiger partial charge in [0.05, 0.1) is 12.2 Å². The standard InChI is InChI=1S/C22H25ClN2O4S/c1-3-29-22(28)18-13(2)17(20(27)24-16-10-5-4-6-11-16)21(30-18)25-19(26)14-8-7-9-15(23)12-14/h7-9,12,16H,3-6,10-11H2,1-2H3,(H,24,27)(H,25,26). The Kier molecular flexibility index (Phi) is 7.50. The van der Waals surface area contributed by atoms with Crippen molar-refractivity contribution in [3.05, 3.63) is 50.9 Å². The number of benzene rings is 1. The predicted molar refractivity (Wildman–Crippen MR) is 119 cm³/mol. The molecular formula is C22H25ClN2O4S. The van der Waals surface area contributed by atoms with Crippen LogP contribution in [0, 0.1) is 6.92 Å². The van der Waals surface area contributed by atoms with Gasteiger partial charge in [-0.2, -0.15) is 0 Å². The number of halogens is 1. The number of ether oxygens (including phenoxy) is 1. The van der Waals surface area contributed by atoms with Gasteiger partial charge >= 0.3 is 5.97 Å². The first kappa shape index (κ1) is 22.3. The van der Waals surface area contributed by atoms with E-state index in [1.165, 1.54) is 6.42 Å². The van der Waals surface area contributed by atoms with E-state index in [9.17, 15) is 14.4 Å². The minimum Gasteiger partial charge on any atom is -0.462 e. The van der Waals surface area contributed by atoms with Crippen LogP contribution >= 0.6 is 22.9 Å². The van der Waals surface area contributed by atoms with Crippen LogP contribution in [0.5, 0.6) is 0 Å². The van der Waals surface area contributed by atoms with Gasteiger partial charge in [0.25, 0.3) is 11.8 Å². The summed E-state index contributed by atoms with van der Waals surface area (Å²) in [6, 6.07) is 6.64. The van der Waals surface area contributed by atoms with Crippen molar-refractivity contribution in [1.82, 2.24) is 5.32 Å². The number of esters is 1. The van der Waals surface area contributed by atoms with Crippen molar-refractivity contribution in [1.29, 1.82) is 0 Å². The van der Waals surface area contributed by atoms with E-state index in [0.29, 0.717) is 31.6 Å². The Labute approximate surface area is 185 Å². The number of carbonyl (C=O) groups excluding carboxylic acids is 3. The molecule has 0 bridgehead atoms. The maximum atomic E-state index is 13.1. The fourth-order valence-electron chi connectivity index (χ4n) is 3.58. The minimum atomic E-state index is -0.505. The SMILES string of the molecule is CCOC(=O)c1sc(NC(=O)c2cccc(Cl)c2)c(C(=O)NC2CCCCC2)c1C. The number of amides is 2. The van der Waals surface area contributed by atoms with Gasteiger partial charge in [-0.15, -0.1) is 11.3 Å². The number of nitrogens with one attached hydrogen (secondary N) is 2. The molecule has 0 unspecified atom stereocenters. The van der Waals surface area contributed by atoms with E-state index in [4.69, 9.17) is 16.3 Å². The van der Waals surface area contributed by atoms with Gasteiger partial charge in [0.2, 0.25) is 0 Å². The molecule has 6 nitrogen and oxygen atoms in total. The van der Waals surface area contributed by atoms with Gasteiger partial charge in [-0.3, -0.25) is 9.59 Å². The summed E-state index contributed by atoms with van der Waals surface area (Å²) in [5.41, 5.74) is 1.18. The highest BCUT2D eigenvalue weighted by Crippen LogP contribution is 2.34. The molecule has 2 aromatic rings. The van der Waals surface area contributed by atoms with Crippen molar-refractivity contribution >= 4 is 45.7 Å². The van der Waals surface area contributed by atoms with Crippen molar-refractivity contribution in [2.75, 3.05) is 11.9 Å². The Morgan fingerprint density at radius 1 is 1.17 bits per heavy atom. The second kappa shape index (κ2) is 10.1. The van der Waals surface area contributed by atoms with Gasteiger partial charge < -0.3 is 15.4 Å². The summed E-state index contributed by atoms with van der Waals surface area (Å²) in [6.45, 7) is 3.65. The normalized spacial score (nSPS) is 14.2. The Morgan fingerprint density at radius 3 is 2.57 bits per heavy atom. The van der Waals surface area contributed by atoms with Crippen LogP contribution in [0.3, 0.4) is 0 Å². The van der Waals surface area contributed by atoms with E-state index < -0.39 is 11.9 Å². The van der Waals surface area contributed by atoms with Crippen LogP contribution in [-0.4, -0.2) is 30.4 Å². The van der Waals surface area contributed by atoms with Gasteiger partial charge in [0.15, 0.2) is 0 Å². The van der Waals surface area contributed by atoms with E-state index in [2.05, 4.69) is 10.6 Å². The number of rotatable bonds is 6.